The Morgan fingerprint density at radius 3 is 2.79 bits per heavy atom. The number of thiophene rings is 1. The number of hydrogen-bond acceptors (Lipinski definition) is 5. The summed E-state index contributed by atoms with van der Waals surface area (Å²) in [5.41, 5.74) is 1.44. The maximum absolute atomic E-state index is 12.1. The maximum Gasteiger partial charge on any atom is 0.235 e. The molecular weight excluding hydrogens is 404 g/mol. The standard InChI is InChI=1S/C22H34N2O3S2/c1-4-18-13-19-20(28-18)5-10-27-22(19)6-8-24(9-7-22)14-16-11-17(12-16)23-21(25)15(2)29(3)26/h13,15-17H,4-12,14H2,1-3H3,(H,23,25). The van der Waals surface area contributed by atoms with Crippen LogP contribution in [0.2, 0.25) is 0 Å². The molecule has 3 heterocycles. The molecule has 2 fully saturated rings. The summed E-state index contributed by atoms with van der Waals surface area (Å²) >= 11 is 1.99. The predicted molar refractivity (Wildman–Crippen MR) is 119 cm³/mol. The molecule has 1 aromatic rings. The van der Waals surface area contributed by atoms with Crippen LogP contribution in [-0.2, 0) is 38.8 Å². The molecule has 1 aromatic heterocycles. The largest absolute Gasteiger partial charge is 0.370 e. The molecule has 0 radical (unpaired) electrons. The van der Waals surface area contributed by atoms with Crippen LogP contribution in [-0.4, -0.2) is 58.8 Å². The van der Waals surface area contributed by atoms with Gasteiger partial charge in [0.25, 0.3) is 0 Å². The van der Waals surface area contributed by atoms with Gasteiger partial charge in [-0.05, 0) is 56.6 Å². The molecule has 1 spiro atoms. The van der Waals surface area contributed by atoms with Crippen LogP contribution >= 0.6 is 11.3 Å². The highest BCUT2D eigenvalue weighted by atomic mass is 32.2. The molecule has 1 N–H and O–H groups in total. The third-order valence-electron chi connectivity index (χ3n) is 7.04. The number of carbonyl (C=O) groups is 1. The van der Waals surface area contributed by atoms with E-state index in [1.807, 2.05) is 11.3 Å². The van der Waals surface area contributed by atoms with Crippen LogP contribution in [0.4, 0.5) is 0 Å². The van der Waals surface area contributed by atoms with Gasteiger partial charge in [0.15, 0.2) is 0 Å². The van der Waals surface area contributed by atoms with E-state index in [0.717, 1.165) is 64.8 Å². The van der Waals surface area contributed by atoms with Crippen LogP contribution in [0, 0.1) is 5.92 Å². The molecule has 0 aromatic carbocycles. The number of nitrogens with one attached hydrogen (secondary N) is 1. The zero-order valence-corrected chi connectivity index (χ0v) is 19.5. The molecule has 4 rings (SSSR count). The Bertz CT molecular complexity index is 764. The van der Waals surface area contributed by atoms with E-state index in [0.29, 0.717) is 5.92 Å². The fraction of sp³-hybridized carbons (Fsp3) is 0.773. The maximum atomic E-state index is 12.1. The number of fused-ring (bicyclic) bond motifs is 2. The molecule has 29 heavy (non-hydrogen) atoms. The molecule has 1 saturated carbocycles. The summed E-state index contributed by atoms with van der Waals surface area (Å²) < 4.78 is 17.9. The Kier molecular flexibility index (Phi) is 6.49. The van der Waals surface area contributed by atoms with Crippen LogP contribution in [0.5, 0.6) is 0 Å². The van der Waals surface area contributed by atoms with Gasteiger partial charge in [-0.25, -0.2) is 0 Å². The first kappa shape index (κ1) is 21.5. The van der Waals surface area contributed by atoms with Gasteiger partial charge in [-0.2, -0.15) is 0 Å². The molecule has 2 atom stereocenters. The highest BCUT2D eigenvalue weighted by Crippen LogP contribution is 2.45. The average molecular weight is 439 g/mol. The minimum absolute atomic E-state index is 0.0456. The minimum atomic E-state index is -1.10. The third-order valence-corrected chi connectivity index (χ3v) is 9.59. The summed E-state index contributed by atoms with van der Waals surface area (Å²) in [6, 6.07) is 2.68. The van der Waals surface area contributed by atoms with Crippen LogP contribution in [0.3, 0.4) is 0 Å². The number of rotatable bonds is 6. The Morgan fingerprint density at radius 2 is 2.14 bits per heavy atom. The zero-order chi connectivity index (χ0) is 20.6. The molecule has 162 valence electrons. The number of carbonyl (C=O) groups excluding carboxylic acids is 1. The number of amides is 1. The minimum Gasteiger partial charge on any atom is -0.370 e. The van der Waals surface area contributed by atoms with Gasteiger partial charge in [-0.1, -0.05) is 6.92 Å². The molecule has 0 bridgehead atoms. The first-order chi connectivity index (χ1) is 13.9. The number of hydrogen-bond donors (Lipinski definition) is 1. The fourth-order valence-electron chi connectivity index (χ4n) is 4.99. The Hall–Kier alpha value is -0.760. The number of aryl methyl sites for hydroxylation is 1. The highest BCUT2D eigenvalue weighted by Gasteiger charge is 2.42. The van der Waals surface area contributed by atoms with Crippen molar-refractivity contribution in [3.63, 3.8) is 0 Å². The van der Waals surface area contributed by atoms with E-state index in [2.05, 4.69) is 23.2 Å². The van der Waals surface area contributed by atoms with Crippen LogP contribution in [0.15, 0.2) is 6.07 Å². The second kappa shape index (κ2) is 8.77. The lowest BCUT2D eigenvalue weighted by atomic mass is 9.78. The number of likely N-dealkylation sites (tertiary alicyclic amines) is 1. The summed E-state index contributed by atoms with van der Waals surface area (Å²) in [6.45, 7) is 8.15. The van der Waals surface area contributed by atoms with E-state index in [-0.39, 0.29) is 17.6 Å². The lowest BCUT2D eigenvalue weighted by Crippen LogP contribution is -2.52. The van der Waals surface area contributed by atoms with Crippen molar-refractivity contribution in [1.29, 1.82) is 0 Å². The van der Waals surface area contributed by atoms with Gasteiger partial charge in [0.2, 0.25) is 5.91 Å². The molecule has 7 heteroatoms. The summed E-state index contributed by atoms with van der Waals surface area (Å²) in [5.74, 6) is 0.592. The normalized spacial score (nSPS) is 28.4. The van der Waals surface area contributed by atoms with E-state index >= 15 is 0 Å². The van der Waals surface area contributed by atoms with Crippen LogP contribution in [0.25, 0.3) is 0 Å². The van der Waals surface area contributed by atoms with Crippen molar-refractivity contribution in [2.45, 2.75) is 69.3 Å². The molecular formula is C22H34N2O3S2. The lowest BCUT2D eigenvalue weighted by molar-refractivity contribution is -0.122. The van der Waals surface area contributed by atoms with Crippen LogP contribution in [0.1, 0.15) is 54.8 Å². The van der Waals surface area contributed by atoms with E-state index in [4.69, 9.17) is 4.74 Å². The van der Waals surface area contributed by atoms with Crippen molar-refractivity contribution in [3.8, 4) is 0 Å². The second-order valence-corrected chi connectivity index (χ2v) is 11.9. The summed E-state index contributed by atoms with van der Waals surface area (Å²) in [4.78, 5) is 17.7. The molecule has 1 saturated heterocycles. The summed E-state index contributed by atoms with van der Waals surface area (Å²) in [5, 5.41) is 2.64. The number of piperidine rings is 1. The van der Waals surface area contributed by atoms with Gasteiger partial charge < -0.3 is 15.0 Å². The van der Waals surface area contributed by atoms with E-state index in [1.165, 1.54) is 10.4 Å². The quantitative estimate of drug-likeness (QED) is 0.742. The first-order valence-corrected chi connectivity index (χ1v) is 13.4. The Labute approximate surface area is 181 Å². The van der Waals surface area contributed by atoms with E-state index in [9.17, 15) is 9.00 Å². The van der Waals surface area contributed by atoms with Gasteiger partial charge in [0.05, 0.1) is 12.2 Å². The molecule has 2 aliphatic heterocycles. The zero-order valence-electron chi connectivity index (χ0n) is 17.9. The predicted octanol–water partition coefficient (Wildman–Crippen LogP) is 2.84. The summed E-state index contributed by atoms with van der Waals surface area (Å²) in [6.07, 6.45) is 8.05. The number of nitrogens with zero attached hydrogens (tertiary/aromatic N) is 1. The Balaban J connectivity index is 1.25. The van der Waals surface area contributed by atoms with Crippen molar-refractivity contribution in [1.82, 2.24) is 10.2 Å². The van der Waals surface area contributed by atoms with E-state index < -0.39 is 16.0 Å². The van der Waals surface area contributed by atoms with Gasteiger partial charge in [-0.15, -0.1) is 11.3 Å². The van der Waals surface area contributed by atoms with Crippen LogP contribution < -0.4 is 5.32 Å². The summed E-state index contributed by atoms with van der Waals surface area (Å²) in [7, 11) is -1.10. The van der Waals surface area contributed by atoms with Crippen molar-refractivity contribution in [2.24, 2.45) is 5.92 Å². The van der Waals surface area contributed by atoms with Gasteiger partial charge in [0, 0.05) is 58.9 Å². The monoisotopic (exact) mass is 438 g/mol. The molecule has 3 aliphatic rings. The average Bonchev–Trinajstić information content (AvgIpc) is 3.12. The van der Waals surface area contributed by atoms with Gasteiger partial charge in [0.1, 0.15) is 5.25 Å². The van der Waals surface area contributed by atoms with Gasteiger partial charge in [-0.3, -0.25) is 9.00 Å². The Morgan fingerprint density at radius 1 is 1.41 bits per heavy atom. The van der Waals surface area contributed by atoms with E-state index in [1.54, 1.807) is 18.1 Å². The molecule has 2 unspecified atom stereocenters. The first-order valence-electron chi connectivity index (χ1n) is 11.0. The fourth-order valence-corrected chi connectivity index (χ4v) is 6.54. The smallest absolute Gasteiger partial charge is 0.235 e. The van der Waals surface area contributed by atoms with Crippen molar-refractivity contribution in [3.05, 3.63) is 21.4 Å². The third kappa shape index (κ3) is 4.48. The molecule has 1 amide bonds. The van der Waals surface area contributed by atoms with Gasteiger partial charge >= 0.3 is 0 Å². The topological polar surface area (TPSA) is 58.6 Å². The second-order valence-electron chi connectivity index (χ2n) is 8.98. The molecule has 1 aliphatic carbocycles. The molecule has 5 nitrogen and oxygen atoms in total. The number of ether oxygens (including phenoxy) is 1. The van der Waals surface area contributed by atoms with Crippen molar-refractivity contribution >= 4 is 28.0 Å². The highest BCUT2D eigenvalue weighted by molar-refractivity contribution is 7.85. The SMILES string of the molecule is CCc1cc2c(s1)CCOC21CCN(CC2CC(NC(=O)C(C)S(C)=O)C2)CC1. The van der Waals surface area contributed by atoms with Crippen molar-refractivity contribution in [2.75, 3.05) is 32.5 Å². The lowest BCUT2D eigenvalue weighted by Gasteiger charge is -2.46. The van der Waals surface area contributed by atoms with Crippen molar-refractivity contribution < 1.29 is 13.7 Å².